The number of aryl methyl sites for hydroxylation is 1. The van der Waals surface area contributed by atoms with Gasteiger partial charge in [-0.15, -0.1) is 0 Å². The number of carbonyl (C=O) groups excluding carboxylic acids is 1. The zero-order valence-corrected chi connectivity index (χ0v) is 17.0. The van der Waals surface area contributed by atoms with Crippen LogP contribution >= 0.6 is 0 Å². The van der Waals surface area contributed by atoms with E-state index in [1.165, 1.54) is 19.9 Å². The van der Waals surface area contributed by atoms with Crippen LogP contribution in [0, 0.1) is 6.92 Å². The van der Waals surface area contributed by atoms with Crippen LogP contribution in [-0.4, -0.2) is 17.0 Å². The number of nitrogens with zero attached hydrogens (tertiary/aromatic N) is 1. The molecule has 1 saturated heterocycles. The number of benzene rings is 2. The van der Waals surface area contributed by atoms with Crippen molar-refractivity contribution >= 4 is 6.09 Å². The number of halogens is 9. The summed E-state index contributed by atoms with van der Waals surface area (Å²) in [7, 11) is 0. The third kappa shape index (κ3) is 5.19. The first-order valence-electron chi connectivity index (χ1n) is 9.42. The van der Waals surface area contributed by atoms with Crippen molar-refractivity contribution in [3.63, 3.8) is 0 Å². The van der Waals surface area contributed by atoms with Crippen molar-refractivity contribution in [2.24, 2.45) is 0 Å². The van der Waals surface area contributed by atoms with Gasteiger partial charge >= 0.3 is 24.6 Å². The van der Waals surface area contributed by atoms with Crippen LogP contribution in [0.1, 0.15) is 46.4 Å². The van der Waals surface area contributed by atoms with Gasteiger partial charge in [0.15, 0.2) is 0 Å². The highest BCUT2D eigenvalue weighted by Crippen LogP contribution is 2.41. The molecule has 1 unspecified atom stereocenters. The molecule has 2 atom stereocenters. The van der Waals surface area contributed by atoms with Gasteiger partial charge in [-0.2, -0.15) is 39.5 Å². The Kier molecular flexibility index (Phi) is 6.10. The van der Waals surface area contributed by atoms with Gasteiger partial charge in [-0.1, -0.05) is 6.07 Å². The van der Waals surface area contributed by atoms with Crippen molar-refractivity contribution < 1.29 is 49.0 Å². The molecule has 0 aromatic heterocycles. The second-order valence-electron chi connectivity index (χ2n) is 7.65. The monoisotopic (exact) mass is 485 g/mol. The first-order chi connectivity index (χ1) is 15.0. The van der Waals surface area contributed by atoms with E-state index in [4.69, 9.17) is 4.74 Å². The van der Waals surface area contributed by atoms with Gasteiger partial charge in [-0.05, 0) is 60.9 Å². The fourth-order valence-corrected chi connectivity index (χ4v) is 3.50. The molecule has 0 bridgehead atoms. The van der Waals surface area contributed by atoms with Gasteiger partial charge in [-0.3, -0.25) is 4.90 Å². The van der Waals surface area contributed by atoms with Gasteiger partial charge in [0.1, 0.15) is 6.10 Å². The third-order valence-electron chi connectivity index (χ3n) is 5.35. The average Bonchev–Trinajstić information content (AvgIpc) is 2.95. The summed E-state index contributed by atoms with van der Waals surface area (Å²) in [5.74, 6) is 0. The molecule has 3 nitrogen and oxygen atoms in total. The molecule has 1 aliphatic rings. The summed E-state index contributed by atoms with van der Waals surface area (Å²) >= 11 is 0. The van der Waals surface area contributed by atoms with E-state index in [1.54, 1.807) is 0 Å². The Morgan fingerprint density at radius 1 is 0.818 bits per heavy atom. The molecule has 33 heavy (non-hydrogen) atoms. The Morgan fingerprint density at radius 2 is 1.33 bits per heavy atom. The van der Waals surface area contributed by atoms with E-state index < -0.39 is 59.0 Å². The third-order valence-corrected chi connectivity index (χ3v) is 5.35. The maximum absolute atomic E-state index is 13.2. The minimum atomic E-state index is -5.09. The first-order valence-corrected chi connectivity index (χ1v) is 9.42. The lowest BCUT2D eigenvalue weighted by Crippen LogP contribution is -2.32. The number of carbonyl (C=O) groups is 1. The largest absolute Gasteiger partial charge is 0.439 e. The van der Waals surface area contributed by atoms with Gasteiger partial charge in [0.2, 0.25) is 0 Å². The molecule has 2 aromatic carbocycles. The van der Waals surface area contributed by atoms with E-state index in [1.807, 2.05) is 0 Å². The number of ether oxygens (including phenoxy) is 1. The number of hydrogen-bond acceptors (Lipinski definition) is 2. The van der Waals surface area contributed by atoms with E-state index in [0.717, 1.165) is 17.0 Å². The van der Waals surface area contributed by atoms with Gasteiger partial charge in [0, 0.05) is 6.54 Å². The van der Waals surface area contributed by atoms with E-state index in [9.17, 15) is 44.3 Å². The molecule has 3 rings (SSSR count). The molecule has 12 heteroatoms. The molecule has 1 aliphatic heterocycles. The molecular weight excluding hydrogens is 469 g/mol. The molecule has 1 heterocycles. The van der Waals surface area contributed by atoms with Gasteiger partial charge in [-0.25, -0.2) is 4.79 Å². The van der Waals surface area contributed by atoms with Crippen LogP contribution in [0.5, 0.6) is 0 Å². The number of amides is 1. The van der Waals surface area contributed by atoms with E-state index in [0.29, 0.717) is 17.7 Å². The summed E-state index contributed by atoms with van der Waals surface area (Å²) in [6, 6.07) is 2.70. The summed E-state index contributed by atoms with van der Waals surface area (Å²) in [6.45, 7) is 2.45. The number of rotatable bonds is 3. The van der Waals surface area contributed by atoms with Crippen LogP contribution in [0.2, 0.25) is 0 Å². The van der Waals surface area contributed by atoms with E-state index >= 15 is 0 Å². The molecule has 1 amide bonds. The maximum atomic E-state index is 13.2. The van der Waals surface area contributed by atoms with E-state index in [2.05, 4.69) is 0 Å². The van der Waals surface area contributed by atoms with Crippen molar-refractivity contribution in [3.8, 4) is 0 Å². The Hall–Kier alpha value is -2.92. The van der Waals surface area contributed by atoms with Gasteiger partial charge < -0.3 is 4.74 Å². The van der Waals surface area contributed by atoms with Crippen LogP contribution < -0.4 is 0 Å². The zero-order chi connectivity index (χ0) is 24.9. The smallest absolute Gasteiger partial charge is 0.416 e. The summed E-state index contributed by atoms with van der Waals surface area (Å²) in [5, 5.41) is 0. The average molecular weight is 485 g/mol. The lowest BCUT2D eigenvalue weighted by atomic mass is 9.97. The summed E-state index contributed by atoms with van der Waals surface area (Å²) in [6.07, 6.45) is -17.4. The van der Waals surface area contributed by atoms with Crippen LogP contribution in [0.3, 0.4) is 0 Å². The quantitative estimate of drug-likeness (QED) is 0.433. The van der Waals surface area contributed by atoms with Crippen molar-refractivity contribution in [1.82, 2.24) is 4.90 Å². The van der Waals surface area contributed by atoms with Crippen molar-refractivity contribution in [1.29, 1.82) is 0 Å². The number of cyclic esters (lactones) is 1. The molecule has 180 valence electrons. The number of hydrogen-bond donors (Lipinski definition) is 0. The summed E-state index contributed by atoms with van der Waals surface area (Å²) < 4.78 is 123. The minimum absolute atomic E-state index is 0.0469. The van der Waals surface area contributed by atoms with Crippen molar-refractivity contribution in [3.05, 3.63) is 69.8 Å². The minimum Gasteiger partial charge on any atom is -0.439 e. The second kappa shape index (κ2) is 8.14. The summed E-state index contributed by atoms with van der Waals surface area (Å²) in [5.41, 5.74) is -4.11. The van der Waals surface area contributed by atoms with Crippen molar-refractivity contribution in [2.75, 3.05) is 0 Å². The lowest BCUT2D eigenvalue weighted by molar-refractivity contribution is -0.143. The normalized spacial score (nSPS) is 19.7. The Balaban J connectivity index is 1.96. The Morgan fingerprint density at radius 3 is 1.82 bits per heavy atom. The van der Waals surface area contributed by atoms with Crippen LogP contribution in [0.4, 0.5) is 44.3 Å². The fourth-order valence-electron chi connectivity index (χ4n) is 3.50. The second-order valence-corrected chi connectivity index (χ2v) is 7.65. The van der Waals surface area contributed by atoms with Crippen LogP contribution in [-0.2, 0) is 29.8 Å². The molecule has 0 radical (unpaired) electrons. The lowest BCUT2D eigenvalue weighted by Gasteiger charge is -2.23. The molecule has 2 aromatic rings. The topological polar surface area (TPSA) is 29.5 Å². The molecule has 0 saturated carbocycles. The zero-order valence-electron chi connectivity index (χ0n) is 17.0. The van der Waals surface area contributed by atoms with Gasteiger partial charge in [0.05, 0.1) is 22.7 Å². The highest BCUT2D eigenvalue weighted by atomic mass is 19.4. The molecule has 0 spiro atoms. The molecule has 1 fully saturated rings. The molecule has 0 N–H and O–H groups in total. The SMILES string of the molecule is Cc1ccc(C(F)(F)F)cc1CN1C(=O)O[C@H](c2cc(C(F)(F)F)cc(C(F)(F)F)c2)C1C. The van der Waals surface area contributed by atoms with Crippen LogP contribution in [0.15, 0.2) is 36.4 Å². The highest BCUT2D eigenvalue weighted by molar-refractivity contribution is 5.71. The van der Waals surface area contributed by atoms with Gasteiger partial charge in [0.25, 0.3) is 0 Å². The van der Waals surface area contributed by atoms with Crippen molar-refractivity contribution in [2.45, 2.75) is 51.1 Å². The predicted octanol–water partition coefficient (Wildman–Crippen LogP) is 7.13. The fraction of sp³-hybridized carbons (Fsp3) is 0.381. The first kappa shape index (κ1) is 24.7. The number of alkyl halides is 9. The predicted molar refractivity (Wildman–Crippen MR) is 96.9 cm³/mol. The van der Waals surface area contributed by atoms with Crippen LogP contribution in [0.25, 0.3) is 0 Å². The highest BCUT2D eigenvalue weighted by Gasteiger charge is 2.43. The van der Waals surface area contributed by atoms with E-state index in [-0.39, 0.29) is 18.2 Å². The molecule has 0 aliphatic carbocycles. The Bertz CT molecular complexity index is 1020. The molecular formula is C21H16F9NO2. The Labute approximate surface area is 181 Å². The maximum Gasteiger partial charge on any atom is 0.416 e. The summed E-state index contributed by atoms with van der Waals surface area (Å²) in [4.78, 5) is 13.3. The standard InChI is InChI=1S/C21H16F9NO2/c1-10-3-4-14(19(22,23)24)7-13(10)9-31-11(2)17(33-18(31)32)12-5-15(20(25,26)27)8-16(6-12)21(28,29)30/h3-8,11,17H,9H2,1-2H3/t11?,17-/m0/s1.